The van der Waals surface area contributed by atoms with Crippen molar-refractivity contribution in [3.8, 4) is 5.88 Å². The van der Waals surface area contributed by atoms with Crippen molar-refractivity contribution in [1.29, 1.82) is 0 Å². The molecule has 0 fully saturated rings. The molecule has 1 unspecified atom stereocenters. The van der Waals surface area contributed by atoms with E-state index in [-0.39, 0.29) is 6.04 Å². The fraction of sp³-hybridized carbons (Fsp3) is 0.333. The van der Waals surface area contributed by atoms with E-state index in [0.717, 1.165) is 17.0 Å². The van der Waals surface area contributed by atoms with Gasteiger partial charge in [-0.25, -0.2) is 9.97 Å². The Labute approximate surface area is 99.6 Å². The van der Waals surface area contributed by atoms with E-state index in [1.54, 1.807) is 19.4 Å². The Morgan fingerprint density at radius 1 is 1.41 bits per heavy atom. The molecule has 1 atom stereocenters. The topological polar surface area (TPSA) is 74.2 Å². The summed E-state index contributed by atoms with van der Waals surface area (Å²) in [4.78, 5) is 8.11. The van der Waals surface area contributed by atoms with Gasteiger partial charge in [-0.15, -0.1) is 0 Å². The molecule has 2 aromatic heterocycles. The standard InChI is InChI=1S/C12H15N3O2/c1-8-3-9(6-17-8)11(13)4-10-5-12(16-2)15-7-14-10/h3,5-7,11H,4,13H2,1-2H3. The van der Waals surface area contributed by atoms with Crippen molar-refractivity contribution < 1.29 is 9.15 Å². The first kappa shape index (κ1) is 11.6. The molecule has 17 heavy (non-hydrogen) atoms. The van der Waals surface area contributed by atoms with Gasteiger partial charge in [0.2, 0.25) is 5.88 Å². The van der Waals surface area contributed by atoms with Gasteiger partial charge in [0.1, 0.15) is 12.1 Å². The number of ether oxygens (including phenoxy) is 1. The van der Waals surface area contributed by atoms with Crippen LogP contribution in [0, 0.1) is 6.92 Å². The number of furan rings is 1. The van der Waals surface area contributed by atoms with Crippen molar-refractivity contribution in [1.82, 2.24) is 9.97 Å². The van der Waals surface area contributed by atoms with Gasteiger partial charge in [0.25, 0.3) is 0 Å². The zero-order valence-electron chi connectivity index (χ0n) is 9.88. The minimum absolute atomic E-state index is 0.132. The Morgan fingerprint density at radius 2 is 2.24 bits per heavy atom. The van der Waals surface area contributed by atoms with Crippen LogP contribution in [0.1, 0.15) is 23.1 Å². The summed E-state index contributed by atoms with van der Waals surface area (Å²) in [6.45, 7) is 1.89. The molecule has 5 heteroatoms. The molecule has 0 saturated heterocycles. The highest BCUT2D eigenvalue weighted by atomic mass is 16.5. The number of hydrogen-bond donors (Lipinski definition) is 1. The summed E-state index contributed by atoms with van der Waals surface area (Å²) in [5.41, 5.74) is 7.89. The second-order valence-electron chi connectivity index (χ2n) is 3.85. The van der Waals surface area contributed by atoms with E-state index in [0.29, 0.717) is 12.3 Å². The first-order valence-electron chi connectivity index (χ1n) is 5.34. The largest absolute Gasteiger partial charge is 0.481 e. The molecule has 2 aromatic rings. The van der Waals surface area contributed by atoms with Crippen molar-refractivity contribution in [2.45, 2.75) is 19.4 Å². The van der Waals surface area contributed by atoms with Crippen molar-refractivity contribution in [3.05, 3.63) is 41.7 Å². The maximum absolute atomic E-state index is 6.07. The highest BCUT2D eigenvalue weighted by Crippen LogP contribution is 2.18. The van der Waals surface area contributed by atoms with Crippen LogP contribution >= 0.6 is 0 Å². The fourth-order valence-electron chi connectivity index (χ4n) is 1.60. The van der Waals surface area contributed by atoms with Crippen LogP contribution in [-0.2, 0) is 6.42 Å². The summed E-state index contributed by atoms with van der Waals surface area (Å²) >= 11 is 0. The number of methoxy groups -OCH3 is 1. The van der Waals surface area contributed by atoms with Gasteiger partial charge in [0.05, 0.1) is 13.4 Å². The van der Waals surface area contributed by atoms with Crippen LogP contribution in [0.3, 0.4) is 0 Å². The van der Waals surface area contributed by atoms with E-state index in [1.807, 2.05) is 13.0 Å². The third-order valence-electron chi connectivity index (χ3n) is 2.52. The van der Waals surface area contributed by atoms with Gasteiger partial charge in [-0.05, 0) is 13.0 Å². The normalized spacial score (nSPS) is 12.4. The molecule has 0 spiro atoms. The van der Waals surface area contributed by atoms with Crippen molar-refractivity contribution >= 4 is 0 Å². The summed E-state index contributed by atoms with van der Waals surface area (Å²) in [5.74, 6) is 1.40. The monoisotopic (exact) mass is 233 g/mol. The van der Waals surface area contributed by atoms with Crippen LogP contribution in [0.15, 0.2) is 29.1 Å². The maximum atomic E-state index is 6.07. The van der Waals surface area contributed by atoms with Crippen LogP contribution in [-0.4, -0.2) is 17.1 Å². The van der Waals surface area contributed by atoms with E-state index in [9.17, 15) is 0 Å². The lowest BCUT2D eigenvalue weighted by molar-refractivity contribution is 0.395. The second-order valence-corrected chi connectivity index (χ2v) is 3.85. The molecule has 2 rings (SSSR count). The predicted octanol–water partition coefficient (Wildman–Crippen LogP) is 1.63. The minimum atomic E-state index is -0.132. The first-order chi connectivity index (χ1) is 8.19. The smallest absolute Gasteiger partial charge is 0.216 e. The predicted molar refractivity (Wildman–Crippen MR) is 62.7 cm³/mol. The molecule has 0 aliphatic rings. The highest BCUT2D eigenvalue weighted by molar-refractivity contribution is 5.20. The molecule has 0 aliphatic carbocycles. The number of nitrogens with zero attached hydrogens (tertiary/aromatic N) is 2. The Kier molecular flexibility index (Phi) is 3.39. The molecule has 2 heterocycles. The second kappa shape index (κ2) is 4.97. The third kappa shape index (κ3) is 2.82. The minimum Gasteiger partial charge on any atom is -0.481 e. The summed E-state index contributed by atoms with van der Waals surface area (Å²) in [7, 11) is 1.57. The van der Waals surface area contributed by atoms with E-state index in [4.69, 9.17) is 14.9 Å². The maximum Gasteiger partial charge on any atom is 0.216 e. The SMILES string of the molecule is COc1cc(CC(N)c2coc(C)c2)ncn1. The van der Waals surface area contributed by atoms with E-state index in [1.165, 1.54) is 6.33 Å². The van der Waals surface area contributed by atoms with Gasteiger partial charge >= 0.3 is 0 Å². The average molecular weight is 233 g/mol. The van der Waals surface area contributed by atoms with Gasteiger partial charge in [-0.1, -0.05) is 0 Å². The van der Waals surface area contributed by atoms with E-state index < -0.39 is 0 Å². The lowest BCUT2D eigenvalue weighted by Crippen LogP contribution is -2.13. The van der Waals surface area contributed by atoms with Crippen molar-refractivity contribution in [2.75, 3.05) is 7.11 Å². The summed E-state index contributed by atoms with van der Waals surface area (Å²) in [6.07, 6.45) is 3.78. The molecular weight excluding hydrogens is 218 g/mol. The third-order valence-corrected chi connectivity index (χ3v) is 2.52. The Hall–Kier alpha value is -1.88. The number of nitrogens with two attached hydrogens (primary N) is 1. The van der Waals surface area contributed by atoms with Crippen LogP contribution < -0.4 is 10.5 Å². The first-order valence-corrected chi connectivity index (χ1v) is 5.34. The molecule has 0 aliphatic heterocycles. The number of aryl methyl sites for hydroxylation is 1. The molecule has 0 bridgehead atoms. The summed E-state index contributed by atoms with van der Waals surface area (Å²) in [6, 6.07) is 3.59. The lowest BCUT2D eigenvalue weighted by Gasteiger charge is -2.08. The summed E-state index contributed by atoms with van der Waals surface area (Å²) in [5, 5.41) is 0. The van der Waals surface area contributed by atoms with Gasteiger partial charge < -0.3 is 14.9 Å². The fourth-order valence-corrected chi connectivity index (χ4v) is 1.60. The molecule has 90 valence electrons. The zero-order chi connectivity index (χ0) is 12.3. The molecule has 0 amide bonds. The molecule has 2 N–H and O–H groups in total. The molecule has 5 nitrogen and oxygen atoms in total. The van der Waals surface area contributed by atoms with Crippen molar-refractivity contribution in [2.24, 2.45) is 5.73 Å². The lowest BCUT2D eigenvalue weighted by atomic mass is 10.1. The Balaban J connectivity index is 2.09. The van der Waals surface area contributed by atoms with Gasteiger partial charge in [0.15, 0.2) is 0 Å². The molecule has 0 saturated carbocycles. The molecule has 0 aromatic carbocycles. The van der Waals surface area contributed by atoms with Gasteiger partial charge in [0, 0.05) is 29.8 Å². The van der Waals surface area contributed by atoms with E-state index >= 15 is 0 Å². The number of aromatic nitrogens is 2. The Bertz CT molecular complexity index is 496. The van der Waals surface area contributed by atoms with Crippen LogP contribution in [0.4, 0.5) is 0 Å². The van der Waals surface area contributed by atoms with Crippen LogP contribution in [0.5, 0.6) is 5.88 Å². The Morgan fingerprint density at radius 3 is 2.88 bits per heavy atom. The average Bonchev–Trinajstić information content (AvgIpc) is 2.76. The molecular formula is C12H15N3O2. The zero-order valence-corrected chi connectivity index (χ0v) is 9.88. The van der Waals surface area contributed by atoms with Gasteiger partial charge in [-0.2, -0.15) is 0 Å². The number of rotatable bonds is 4. The van der Waals surface area contributed by atoms with Crippen LogP contribution in [0.2, 0.25) is 0 Å². The van der Waals surface area contributed by atoms with Crippen LogP contribution in [0.25, 0.3) is 0 Å². The molecule has 0 radical (unpaired) electrons. The van der Waals surface area contributed by atoms with E-state index in [2.05, 4.69) is 9.97 Å². The summed E-state index contributed by atoms with van der Waals surface area (Å²) < 4.78 is 10.3. The number of hydrogen-bond acceptors (Lipinski definition) is 5. The quantitative estimate of drug-likeness (QED) is 0.868. The van der Waals surface area contributed by atoms with Crippen molar-refractivity contribution in [3.63, 3.8) is 0 Å². The highest BCUT2D eigenvalue weighted by Gasteiger charge is 2.11. The van der Waals surface area contributed by atoms with Gasteiger partial charge in [-0.3, -0.25) is 0 Å².